The van der Waals surface area contributed by atoms with E-state index in [1.54, 1.807) is 0 Å². The molecular formula is C39H67FNaPSi2. The summed E-state index contributed by atoms with van der Waals surface area (Å²) in [6.07, 6.45) is 0. The first-order valence-electron chi connectivity index (χ1n) is 17.4. The molecule has 2 aromatic rings. The van der Waals surface area contributed by atoms with Crippen molar-refractivity contribution in [1.29, 1.82) is 0 Å². The van der Waals surface area contributed by atoms with E-state index in [1.807, 2.05) is 0 Å². The maximum absolute atomic E-state index is 20.1. The molecule has 0 bridgehead atoms. The molecule has 0 aliphatic rings. The predicted octanol–water partition coefficient (Wildman–Crippen LogP) is 10.1. The zero-order valence-electron chi connectivity index (χ0n) is 32.3. The molecule has 5 heteroatoms. The van der Waals surface area contributed by atoms with Crippen molar-refractivity contribution in [1.82, 2.24) is 0 Å². The van der Waals surface area contributed by atoms with E-state index >= 15 is 4.11 Å². The van der Waals surface area contributed by atoms with Crippen molar-refractivity contribution in [2.75, 3.05) is 0 Å². The van der Waals surface area contributed by atoms with Gasteiger partial charge in [0.25, 0.3) is 0 Å². The van der Waals surface area contributed by atoms with E-state index in [9.17, 15) is 0 Å². The van der Waals surface area contributed by atoms with E-state index in [0.29, 0.717) is 28.5 Å². The van der Waals surface area contributed by atoms with Gasteiger partial charge in [-0.15, -0.1) is 0 Å². The van der Waals surface area contributed by atoms with Gasteiger partial charge >= 0.3 is 29.6 Å². The summed E-state index contributed by atoms with van der Waals surface area (Å²) in [5.74, 6) is 1.87. The normalized spacial score (nSPS) is 13.5. The van der Waals surface area contributed by atoms with E-state index in [2.05, 4.69) is 149 Å². The summed E-state index contributed by atoms with van der Waals surface area (Å²) in [5.41, 5.74) is 9.28. The molecule has 0 heterocycles. The minimum atomic E-state index is -3.84. The molecule has 0 aliphatic heterocycles. The summed E-state index contributed by atoms with van der Waals surface area (Å²) in [6.45, 7) is 42.0. The van der Waals surface area contributed by atoms with Crippen molar-refractivity contribution in [3.63, 3.8) is 0 Å². The number of benzene rings is 2. The first-order chi connectivity index (χ1) is 19.6. The van der Waals surface area contributed by atoms with E-state index in [4.69, 9.17) is 0 Å². The second kappa shape index (κ2) is 16.6. The van der Waals surface area contributed by atoms with Crippen LogP contribution in [0.5, 0.6) is 0 Å². The molecule has 0 unspecified atom stereocenters. The molecular weight excluding hydrogens is 598 g/mol. The number of halogens is 1. The summed E-state index contributed by atoms with van der Waals surface area (Å²) in [4.78, 5) is 0. The fourth-order valence-corrected chi connectivity index (χ4v) is 36.3. The van der Waals surface area contributed by atoms with Gasteiger partial charge in [0.1, 0.15) is 0 Å². The molecule has 2 aromatic carbocycles. The fraction of sp³-hybridized carbons (Fsp3) is 0.692. The Kier molecular flexibility index (Phi) is 15.9. The molecule has 0 fully saturated rings. The fourth-order valence-electron chi connectivity index (χ4n) is 7.57. The second-order valence-corrected chi connectivity index (χ2v) is 30.7. The van der Waals surface area contributed by atoms with E-state index < -0.39 is 15.8 Å². The molecule has 0 nitrogen and oxygen atoms in total. The molecule has 0 radical (unpaired) electrons. The van der Waals surface area contributed by atoms with Crippen LogP contribution in [0.2, 0.25) is 16.6 Å². The van der Waals surface area contributed by atoms with E-state index in [-0.39, 0.29) is 53.2 Å². The topological polar surface area (TPSA) is 0 Å². The Morgan fingerprint density at radius 1 is 0.432 bits per heavy atom. The minimum absolute atomic E-state index is 0. The zero-order chi connectivity index (χ0) is 33.4. The Balaban J connectivity index is 0.00000968. The molecule has 0 atom stereocenters. The molecule has 0 spiro atoms. The van der Waals surface area contributed by atoms with Crippen molar-refractivity contribution in [2.24, 2.45) is 0 Å². The standard InChI is InChI=1S/C39H67FPSi2.Na/c1-23(2)32-19-34(25(5)6)38(35(20-32)26(7)8)43(40,41-42(29(13)14,30(15)16)31(17)18)39-36(27(9)10)21-33(24(3)4)22-37(39)28(11)12;/h19-31H,1-18H3;/q-1;+1. The molecule has 0 amide bonds. The molecule has 0 N–H and O–H groups in total. The molecule has 2 rings (SSSR count). The third-order valence-corrected chi connectivity index (χ3v) is 33.1. The minimum Gasteiger partial charge on any atom is -0.496 e. The third kappa shape index (κ3) is 8.44. The van der Waals surface area contributed by atoms with Crippen molar-refractivity contribution < 1.29 is 33.7 Å². The maximum Gasteiger partial charge on any atom is 1.00 e. The van der Waals surface area contributed by atoms with Crippen LogP contribution in [0.4, 0.5) is 4.11 Å². The van der Waals surface area contributed by atoms with Crippen molar-refractivity contribution in [3.05, 3.63) is 57.6 Å². The second-order valence-electron chi connectivity index (χ2n) is 16.2. The van der Waals surface area contributed by atoms with Crippen LogP contribution in [0.25, 0.3) is 0 Å². The van der Waals surface area contributed by atoms with Crippen LogP contribution in [0.3, 0.4) is 0 Å². The summed E-state index contributed by atoms with van der Waals surface area (Å²) in [5, 5.41) is 2.26. The van der Waals surface area contributed by atoms with Crippen LogP contribution in [-0.2, 0) is 0 Å². The van der Waals surface area contributed by atoms with Gasteiger partial charge in [-0.05, 0) is 79.3 Å². The average molecular weight is 665 g/mol. The SMILES string of the molecule is CC(C)c1cc(C(C)C)c([Si](F)([P-][Si](C(C)C)(C(C)C)C(C)C)c2c(C(C)C)cc(C(C)C)cc2C(C)C)c(C(C)C)c1.[Na+]. The van der Waals surface area contributed by atoms with Crippen LogP contribution < -0.4 is 39.9 Å². The molecule has 0 aromatic heterocycles. The molecule has 0 aliphatic carbocycles. The molecule has 244 valence electrons. The predicted molar refractivity (Wildman–Crippen MR) is 202 cm³/mol. The van der Waals surface area contributed by atoms with Crippen LogP contribution in [0, 0.1) is 0 Å². The van der Waals surface area contributed by atoms with Gasteiger partial charge in [-0.2, -0.15) is 0 Å². The summed E-state index contributed by atoms with van der Waals surface area (Å²) in [6, 6.07) is 9.62. The maximum atomic E-state index is 20.1. The Morgan fingerprint density at radius 3 is 0.818 bits per heavy atom. The Bertz CT molecular complexity index is 1070. The zero-order valence-corrected chi connectivity index (χ0v) is 37.2. The Hall–Kier alpha value is 0.234. The van der Waals surface area contributed by atoms with Crippen molar-refractivity contribution >= 4 is 33.9 Å². The van der Waals surface area contributed by atoms with Gasteiger partial charge in [0.15, 0.2) is 8.08 Å². The summed E-state index contributed by atoms with van der Waals surface area (Å²) < 4.78 is 20.1. The number of hydrogen-bond acceptors (Lipinski definition) is 0. The third-order valence-electron chi connectivity index (χ3n) is 10.0. The summed E-state index contributed by atoms with van der Waals surface area (Å²) >= 11 is 0. The van der Waals surface area contributed by atoms with Gasteiger partial charge < -0.3 is 11.8 Å². The first kappa shape index (κ1) is 42.3. The smallest absolute Gasteiger partial charge is 0.496 e. The van der Waals surface area contributed by atoms with Gasteiger partial charge in [-0.1, -0.05) is 173 Å². The van der Waals surface area contributed by atoms with Gasteiger partial charge in [0.05, 0.1) is 0 Å². The van der Waals surface area contributed by atoms with Gasteiger partial charge in [0.2, 0.25) is 0 Å². The van der Waals surface area contributed by atoms with Gasteiger partial charge in [0, 0.05) is 0 Å². The van der Waals surface area contributed by atoms with Crippen LogP contribution in [0.15, 0.2) is 24.3 Å². The molecule has 0 saturated carbocycles. The van der Waals surface area contributed by atoms with E-state index in [0.717, 1.165) is 18.0 Å². The number of hydrogen-bond donors (Lipinski definition) is 0. The Morgan fingerprint density at radius 2 is 0.659 bits per heavy atom. The van der Waals surface area contributed by atoms with Gasteiger partial charge in [-0.3, -0.25) is 0 Å². The molecule has 44 heavy (non-hydrogen) atoms. The quantitative estimate of drug-likeness (QED) is 0.114. The van der Waals surface area contributed by atoms with Crippen molar-refractivity contribution in [3.8, 4) is 0 Å². The first-order valence-corrected chi connectivity index (χ1v) is 24.1. The van der Waals surface area contributed by atoms with E-state index in [1.165, 1.54) is 33.4 Å². The summed E-state index contributed by atoms with van der Waals surface area (Å²) in [7, 11) is -4.85. The number of rotatable bonds is 13. The largest absolute Gasteiger partial charge is 1.00 e. The molecule has 0 saturated heterocycles. The monoisotopic (exact) mass is 664 g/mol. The van der Waals surface area contributed by atoms with Crippen LogP contribution in [-0.4, -0.2) is 15.8 Å². The van der Waals surface area contributed by atoms with Crippen LogP contribution >= 0.6 is 7.68 Å². The average Bonchev–Trinajstić information content (AvgIpc) is 2.88. The van der Waals surface area contributed by atoms with Crippen molar-refractivity contribution in [2.45, 2.75) is 177 Å². The van der Waals surface area contributed by atoms with Gasteiger partial charge in [-0.25, -0.2) is 0 Å². The van der Waals surface area contributed by atoms with Crippen LogP contribution in [0.1, 0.15) is 194 Å². The Labute approximate surface area is 299 Å².